The van der Waals surface area contributed by atoms with Gasteiger partial charge < -0.3 is 4.90 Å². The highest BCUT2D eigenvalue weighted by atomic mass is 32.1. The van der Waals surface area contributed by atoms with E-state index in [9.17, 15) is 0 Å². The Morgan fingerprint density at radius 2 is 0.414 bits per heavy atom. The molecule has 9 rings (SSSR count). The first kappa shape index (κ1) is 41.8. The van der Waals surface area contributed by atoms with E-state index in [1.54, 1.807) is 0 Å². The summed E-state index contributed by atoms with van der Waals surface area (Å²) in [5.41, 5.74) is 10.8. The lowest BCUT2D eigenvalue weighted by Crippen LogP contribution is -2.09. The van der Waals surface area contributed by atoms with E-state index in [0.29, 0.717) is 0 Å². The molecular weight excluding hydrogens is 759 g/mol. The van der Waals surface area contributed by atoms with Crippen molar-refractivity contribution < 1.29 is 0 Å². The quantitative estimate of drug-likeness (QED) is 0.140. The van der Waals surface area contributed by atoms with Crippen LogP contribution < -0.4 is 4.90 Å². The van der Waals surface area contributed by atoms with Gasteiger partial charge in [0.1, 0.15) is 0 Å². The first-order valence-electron chi connectivity index (χ1n) is 20.3. The summed E-state index contributed by atoms with van der Waals surface area (Å²) in [4.78, 5) is 10.0. The summed E-state index contributed by atoms with van der Waals surface area (Å²) in [6.07, 6.45) is 0. The molecular formula is C54H51NS3. The van der Waals surface area contributed by atoms with E-state index in [1.807, 2.05) is 75.6 Å². The molecule has 0 saturated heterocycles. The second kappa shape index (κ2) is 21.1. The predicted octanol–water partition coefficient (Wildman–Crippen LogP) is 18.4. The maximum absolute atomic E-state index is 2.36. The van der Waals surface area contributed by atoms with E-state index in [0.717, 1.165) is 17.1 Å². The third-order valence-corrected chi connectivity index (χ3v) is 12.8. The second-order valence-electron chi connectivity index (χ2n) is 12.6. The second-order valence-corrected chi connectivity index (χ2v) is 15.8. The van der Waals surface area contributed by atoms with Crippen LogP contribution in [-0.2, 0) is 0 Å². The van der Waals surface area contributed by atoms with Crippen molar-refractivity contribution in [3.8, 4) is 62.6 Å². The molecule has 3 aromatic heterocycles. The van der Waals surface area contributed by atoms with Gasteiger partial charge in [0.15, 0.2) is 0 Å². The molecule has 0 aliphatic heterocycles. The van der Waals surface area contributed by atoms with Crippen molar-refractivity contribution >= 4 is 51.1 Å². The van der Waals surface area contributed by atoms with Crippen LogP contribution in [0, 0.1) is 0 Å². The van der Waals surface area contributed by atoms with Gasteiger partial charge in [0.2, 0.25) is 0 Å². The molecule has 0 spiro atoms. The van der Waals surface area contributed by atoms with Gasteiger partial charge in [0, 0.05) is 46.3 Å². The van der Waals surface area contributed by atoms with Gasteiger partial charge >= 0.3 is 0 Å². The topological polar surface area (TPSA) is 3.24 Å². The Labute approximate surface area is 358 Å². The summed E-state index contributed by atoms with van der Waals surface area (Å²) in [7, 11) is 0. The minimum absolute atomic E-state index is 1.12. The SMILES string of the molecule is CC.CC.CC.c1ccc(-c2ccc(-c3ccc(N(c4ccc(-c5ccc(-c6ccccc6)s5)cc4)c4ccc(-c5ccc(-c6ccccc6)s5)cc4)cc3)s2)cc1. The first-order chi connectivity index (χ1) is 28.7. The number of benzene rings is 6. The number of nitrogens with zero attached hydrogens (tertiary/aromatic N) is 1. The van der Waals surface area contributed by atoms with Gasteiger partial charge in [-0.2, -0.15) is 0 Å². The van der Waals surface area contributed by atoms with E-state index in [-0.39, 0.29) is 0 Å². The van der Waals surface area contributed by atoms with E-state index in [2.05, 4.69) is 205 Å². The van der Waals surface area contributed by atoms with Gasteiger partial charge in [-0.1, -0.05) is 169 Å². The lowest BCUT2D eigenvalue weighted by Gasteiger charge is -2.26. The zero-order chi connectivity index (χ0) is 40.7. The van der Waals surface area contributed by atoms with Crippen molar-refractivity contribution in [2.75, 3.05) is 4.90 Å². The van der Waals surface area contributed by atoms with Gasteiger partial charge in [0.25, 0.3) is 0 Å². The lowest BCUT2D eigenvalue weighted by molar-refractivity contribution is 1.28. The summed E-state index contributed by atoms with van der Waals surface area (Å²) in [6.45, 7) is 12.0. The van der Waals surface area contributed by atoms with Crippen LogP contribution in [0.5, 0.6) is 0 Å². The van der Waals surface area contributed by atoms with Gasteiger partial charge in [-0.25, -0.2) is 0 Å². The Balaban J connectivity index is 0.000000905. The van der Waals surface area contributed by atoms with Crippen molar-refractivity contribution in [3.05, 3.63) is 200 Å². The zero-order valence-corrected chi connectivity index (χ0v) is 36.7. The molecule has 6 aromatic carbocycles. The van der Waals surface area contributed by atoms with Crippen molar-refractivity contribution in [1.82, 2.24) is 0 Å². The Hall–Kier alpha value is -5.78. The highest BCUT2D eigenvalue weighted by molar-refractivity contribution is 7.19. The zero-order valence-electron chi connectivity index (χ0n) is 34.2. The van der Waals surface area contributed by atoms with E-state index < -0.39 is 0 Å². The molecule has 0 aliphatic rings. The fourth-order valence-electron chi connectivity index (χ4n) is 6.52. The minimum atomic E-state index is 1.12. The standard InChI is InChI=1S/C48H33NS3.3C2H6/c1-4-10-34(11-5-1)43-28-31-46(50-43)37-16-22-40(23-17-37)49(41-24-18-38(19-25-41)47-32-29-44(51-47)35-12-6-2-7-13-35)42-26-20-39(21-27-42)48-33-30-45(52-48)36-14-8-3-9-15-36;3*1-2/h1-33H;3*1-2H3. The highest BCUT2D eigenvalue weighted by Gasteiger charge is 2.15. The lowest BCUT2D eigenvalue weighted by atomic mass is 10.1. The molecule has 0 radical (unpaired) electrons. The van der Waals surface area contributed by atoms with Crippen molar-refractivity contribution in [2.45, 2.75) is 41.5 Å². The van der Waals surface area contributed by atoms with Crippen molar-refractivity contribution in [3.63, 3.8) is 0 Å². The van der Waals surface area contributed by atoms with Crippen molar-refractivity contribution in [2.24, 2.45) is 0 Å². The molecule has 290 valence electrons. The van der Waals surface area contributed by atoms with Gasteiger partial charge in [-0.3, -0.25) is 0 Å². The monoisotopic (exact) mass is 809 g/mol. The summed E-state index contributed by atoms with van der Waals surface area (Å²) < 4.78 is 0. The molecule has 0 saturated carbocycles. The molecule has 0 fully saturated rings. The van der Waals surface area contributed by atoms with E-state index in [4.69, 9.17) is 0 Å². The molecule has 1 nitrogen and oxygen atoms in total. The van der Waals surface area contributed by atoms with Gasteiger partial charge in [-0.15, -0.1) is 34.0 Å². The van der Waals surface area contributed by atoms with Crippen LogP contribution >= 0.6 is 34.0 Å². The largest absolute Gasteiger partial charge is 0.311 e. The first-order valence-corrected chi connectivity index (χ1v) is 22.8. The Kier molecular flexibility index (Phi) is 15.2. The Bertz CT molecular complexity index is 2240. The minimum Gasteiger partial charge on any atom is -0.311 e. The van der Waals surface area contributed by atoms with Gasteiger partial charge in [-0.05, 0) is 106 Å². The van der Waals surface area contributed by atoms with E-state index >= 15 is 0 Å². The molecule has 9 aromatic rings. The van der Waals surface area contributed by atoms with E-state index in [1.165, 1.54) is 62.6 Å². The van der Waals surface area contributed by atoms with Crippen LogP contribution in [0.3, 0.4) is 0 Å². The van der Waals surface area contributed by atoms with Crippen LogP contribution in [-0.4, -0.2) is 0 Å². The third kappa shape index (κ3) is 9.84. The highest BCUT2D eigenvalue weighted by Crippen LogP contribution is 2.42. The summed E-state index contributed by atoms with van der Waals surface area (Å²) in [6, 6.07) is 72.2. The van der Waals surface area contributed by atoms with Crippen LogP contribution in [0.4, 0.5) is 17.1 Å². The maximum atomic E-state index is 2.36. The normalized spacial score (nSPS) is 10.2. The fourth-order valence-corrected chi connectivity index (χ4v) is 9.57. The summed E-state index contributed by atoms with van der Waals surface area (Å²) in [5, 5.41) is 0. The molecule has 3 heterocycles. The number of hydrogen-bond donors (Lipinski definition) is 0. The summed E-state index contributed by atoms with van der Waals surface area (Å²) >= 11 is 5.50. The molecule has 0 bridgehead atoms. The molecule has 0 unspecified atom stereocenters. The Morgan fingerprint density at radius 3 is 0.621 bits per heavy atom. The maximum Gasteiger partial charge on any atom is 0.0462 e. The molecule has 0 amide bonds. The smallest absolute Gasteiger partial charge is 0.0462 e. The number of hydrogen-bond acceptors (Lipinski definition) is 4. The third-order valence-electron chi connectivity index (χ3n) is 9.22. The molecule has 0 atom stereocenters. The molecule has 58 heavy (non-hydrogen) atoms. The van der Waals surface area contributed by atoms with Crippen LogP contribution in [0.25, 0.3) is 62.6 Å². The summed E-state index contributed by atoms with van der Waals surface area (Å²) in [5.74, 6) is 0. The van der Waals surface area contributed by atoms with Crippen molar-refractivity contribution in [1.29, 1.82) is 0 Å². The van der Waals surface area contributed by atoms with Crippen LogP contribution in [0.2, 0.25) is 0 Å². The van der Waals surface area contributed by atoms with Crippen LogP contribution in [0.1, 0.15) is 41.5 Å². The average molecular weight is 810 g/mol. The molecule has 4 heteroatoms. The number of anilines is 3. The number of thiophene rings is 3. The molecule has 0 aliphatic carbocycles. The Morgan fingerprint density at radius 1 is 0.224 bits per heavy atom. The molecule has 0 N–H and O–H groups in total. The fraction of sp³-hybridized carbons (Fsp3) is 0.111. The van der Waals surface area contributed by atoms with Crippen LogP contribution in [0.15, 0.2) is 200 Å². The predicted molar refractivity (Wildman–Crippen MR) is 261 cm³/mol. The number of rotatable bonds is 9. The average Bonchev–Trinajstić information content (AvgIpc) is 4.13. The van der Waals surface area contributed by atoms with Gasteiger partial charge in [0.05, 0.1) is 0 Å².